The van der Waals surface area contributed by atoms with Crippen LogP contribution in [0.25, 0.3) is 11.5 Å². The Morgan fingerprint density at radius 1 is 1.12 bits per heavy atom. The first-order valence-corrected chi connectivity index (χ1v) is 8.92. The summed E-state index contributed by atoms with van der Waals surface area (Å²) in [4.78, 5) is 12.0. The molecular formula is C19H18N2O4S. The van der Waals surface area contributed by atoms with Crippen molar-refractivity contribution in [3.8, 4) is 23.0 Å². The summed E-state index contributed by atoms with van der Waals surface area (Å²) in [5.41, 5.74) is 2.82. The zero-order chi connectivity index (χ0) is 18.5. The second-order valence-corrected chi connectivity index (χ2v) is 6.56. The Hall–Kier alpha value is -2.80. The third-order valence-electron chi connectivity index (χ3n) is 3.61. The molecule has 0 aliphatic carbocycles. The van der Waals surface area contributed by atoms with Gasteiger partial charge in [-0.05, 0) is 49.7 Å². The van der Waals surface area contributed by atoms with Crippen LogP contribution in [0.3, 0.4) is 0 Å². The number of thioether (sulfide) groups is 1. The van der Waals surface area contributed by atoms with E-state index in [4.69, 9.17) is 13.9 Å². The standard InChI is InChI=1S/C19H18N2O4S/c1-12-4-9-16(13(2)10-12)24-17(22)11-26-19-21-20-18(25-19)14-5-7-15(23-3)8-6-14/h4-10H,11H2,1-3H3. The highest BCUT2D eigenvalue weighted by Gasteiger charge is 2.13. The van der Waals surface area contributed by atoms with Gasteiger partial charge in [0, 0.05) is 5.56 Å². The number of methoxy groups -OCH3 is 1. The molecule has 0 spiro atoms. The normalized spacial score (nSPS) is 10.6. The SMILES string of the molecule is COc1ccc(-c2nnc(SCC(=O)Oc3ccc(C)cc3C)o2)cc1. The van der Waals surface area contributed by atoms with Crippen molar-refractivity contribution in [3.63, 3.8) is 0 Å². The molecule has 1 heterocycles. The van der Waals surface area contributed by atoms with E-state index in [1.165, 1.54) is 0 Å². The maximum atomic E-state index is 12.0. The number of hydrogen-bond donors (Lipinski definition) is 0. The molecule has 3 aromatic rings. The lowest BCUT2D eigenvalue weighted by molar-refractivity contribution is -0.131. The molecule has 1 aromatic heterocycles. The van der Waals surface area contributed by atoms with E-state index < -0.39 is 0 Å². The van der Waals surface area contributed by atoms with Crippen LogP contribution in [0.15, 0.2) is 52.1 Å². The smallest absolute Gasteiger partial charge is 0.321 e. The maximum absolute atomic E-state index is 12.0. The summed E-state index contributed by atoms with van der Waals surface area (Å²) >= 11 is 1.14. The fraction of sp³-hybridized carbons (Fsp3) is 0.211. The Morgan fingerprint density at radius 3 is 2.58 bits per heavy atom. The van der Waals surface area contributed by atoms with E-state index in [0.29, 0.717) is 16.9 Å². The summed E-state index contributed by atoms with van der Waals surface area (Å²) in [5, 5.41) is 8.26. The Morgan fingerprint density at radius 2 is 1.88 bits per heavy atom. The van der Waals surface area contributed by atoms with E-state index >= 15 is 0 Å². The van der Waals surface area contributed by atoms with Gasteiger partial charge in [0.15, 0.2) is 0 Å². The predicted molar refractivity (Wildman–Crippen MR) is 98.6 cm³/mol. The Balaban J connectivity index is 1.58. The van der Waals surface area contributed by atoms with Crippen LogP contribution in [0.5, 0.6) is 11.5 Å². The monoisotopic (exact) mass is 370 g/mol. The average Bonchev–Trinajstić information content (AvgIpc) is 3.11. The number of carbonyl (C=O) groups excluding carboxylic acids is 1. The molecule has 0 saturated carbocycles. The number of esters is 1. The van der Waals surface area contributed by atoms with Gasteiger partial charge >= 0.3 is 5.97 Å². The molecule has 26 heavy (non-hydrogen) atoms. The molecule has 2 aromatic carbocycles. The molecule has 0 atom stereocenters. The summed E-state index contributed by atoms with van der Waals surface area (Å²) in [6.45, 7) is 3.90. The van der Waals surface area contributed by atoms with E-state index in [9.17, 15) is 4.79 Å². The highest BCUT2D eigenvalue weighted by Crippen LogP contribution is 2.25. The minimum Gasteiger partial charge on any atom is -0.497 e. The fourth-order valence-corrected chi connectivity index (χ4v) is 2.84. The van der Waals surface area contributed by atoms with Crippen LogP contribution in [0.2, 0.25) is 0 Å². The molecular weight excluding hydrogens is 352 g/mol. The molecule has 0 radical (unpaired) electrons. The van der Waals surface area contributed by atoms with Crippen molar-refractivity contribution in [2.75, 3.05) is 12.9 Å². The van der Waals surface area contributed by atoms with Gasteiger partial charge in [0.05, 0.1) is 7.11 Å². The van der Waals surface area contributed by atoms with Gasteiger partial charge in [-0.2, -0.15) is 0 Å². The largest absolute Gasteiger partial charge is 0.497 e. The molecule has 0 aliphatic heterocycles. The number of hydrogen-bond acceptors (Lipinski definition) is 7. The van der Waals surface area contributed by atoms with Crippen molar-refractivity contribution in [1.29, 1.82) is 0 Å². The first-order valence-electron chi connectivity index (χ1n) is 7.94. The number of carbonyl (C=O) groups is 1. The zero-order valence-corrected chi connectivity index (χ0v) is 15.5. The van der Waals surface area contributed by atoms with E-state index in [1.54, 1.807) is 13.2 Å². The molecule has 0 aliphatic rings. The first-order chi connectivity index (χ1) is 12.5. The van der Waals surface area contributed by atoms with Gasteiger partial charge in [-0.25, -0.2) is 0 Å². The van der Waals surface area contributed by atoms with Crippen LogP contribution >= 0.6 is 11.8 Å². The molecule has 6 nitrogen and oxygen atoms in total. The van der Waals surface area contributed by atoms with E-state index in [1.807, 2.05) is 50.2 Å². The molecule has 0 amide bonds. The van der Waals surface area contributed by atoms with Crippen molar-refractivity contribution in [3.05, 3.63) is 53.6 Å². The fourth-order valence-electron chi connectivity index (χ4n) is 2.30. The Kier molecular flexibility index (Phi) is 5.58. The molecule has 0 N–H and O–H groups in total. The summed E-state index contributed by atoms with van der Waals surface area (Å²) in [5.74, 6) is 1.41. The van der Waals surface area contributed by atoms with Crippen molar-refractivity contribution >= 4 is 17.7 Å². The molecule has 0 bridgehead atoms. The Labute approximate surface area is 155 Å². The third kappa shape index (κ3) is 4.43. The van der Waals surface area contributed by atoms with Crippen molar-refractivity contribution in [2.45, 2.75) is 19.1 Å². The first kappa shape index (κ1) is 18.0. The number of ether oxygens (including phenoxy) is 2. The predicted octanol–water partition coefficient (Wildman–Crippen LogP) is 4.06. The maximum Gasteiger partial charge on any atom is 0.321 e. The van der Waals surface area contributed by atoms with Crippen LogP contribution in [0.1, 0.15) is 11.1 Å². The second-order valence-electron chi connectivity index (χ2n) is 5.63. The lowest BCUT2D eigenvalue weighted by atomic mass is 10.1. The van der Waals surface area contributed by atoms with Crippen molar-refractivity contribution in [2.24, 2.45) is 0 Å². The van der Waals surface area contributed by atoms with E-state index in [-0.39, 0.29) is 11.7 Å². The van der Waals surface area contributed by atoms with Gasteiger partial charge in [0.1, 0.15) is 17.3 Å². The molecule has 134 valence electrons. The third-order valence-corrected chi connectivity index (χ3v) is 4.40. The number of aryl methyl sites for hydroxylation is 2. The van der Waals surface area contributed by atoms with Crippen molar-refractivity contribution < 1.29 is 18.7 Å². The highest BCUT2D eigenvalue weighted by atomic mass is 32.2. The van der Waals surface area contributed by atoms with Crippen LogP contribution < -0.4 is 9.47 Å². The van der Waals surface area contributed by atoms with Gasteiger partial charge in [-0.1, -0.05) is 29.5 Å². The van der Waals surface area contributed by atoms with Crippen LogP contribution in [0.4, 0.5) is 0 Å². The minimum atomic E-state index is -0.369. The zero-order valence-electron chi connectivity index (χ0n) is 14.7. The lowest BCUT2D eigenvalue weighted by Gasteiger charge is -2.07. The van der Waals surface area contributed by atoms with Gasteiger partial charge in [0.25, 0.3) is 5.22 Å². The number of aromatic nitrogens is 2. The van der Waals surface area contributed by atoms with Crippen molar-refractivity contribution in [1.82, 2.24) is 10.2 Å². The highest BCUT2D eigenvalue weighted by molar-refractivity contribution is 7.99. The van der Waals surface area contributed by atoms with E-state index in [0.717, 1.165) is 34.2 Å². The van der Waals surface area contributed by atoms with Crippen LogP contribution in [-0.2, 0) is 4.79 Å². The number of rotatable bonds is 6. The number of benzene rings is 2. The topological polar surface area (TPSA) is 74.5 Å². The summed E-state index contributed by atoms with van der Waals surface area (Å²) in [7, 11) is 1.60. The van der Waals surface area contributed by atoms with Gasteiger partial charge in [0.2, 0.25) is 5.89 Å². The molecule has 0 fully saturated rings. The average molecular weight is 370 g/mol. The molecule has 3 rings (SSSR count). The molecule has 0 saturated heterocycles. The number of nitrogens with zero attached hydrogens (tertiary/aromatic N) is 2. The minimum absolute atomic E-state index is 0.0809. The van der Waals surface area contributed by atoms with E-state index in [2.05, 4.69) is 10.2 Å². The second kappa shape index (κ2) is 8.05. The summed E-state index contributed by atoms with van der Waals surface area (Å²) < 4.78 is 16.1. The van der Waals surface area contributed by atoms with Gasteiger partial charge in [-0.3, -0.25) is 4.79 Å². The lowest BCUT2D eigenvalue weighted by Crippen LogP contribution is -2.11. The summed E-state index contributed by atoms with van der Waals surface area (Å²) in [6.07, 6.45) is 0. The summed E-state index contributed by atoms with van der Waals surface area (Å²) in [6, 6.07) is 12.9. The molecule has 0 unspecified atom stereocenters. The van der Waals surface area contributed by atoms with Gasteiger partial charge in [-0.15, -0.1) is 10.2 Å². The quantitative estimate of drug-likeness (QED) is 0.368. The van der Waals surface area contributed by atoms with Crippen LogP contribution in [0, 0.1) is 13.8 Å². The van der Waals surface area contributed by atoms with Gasteiger partial charge < -0.3 is 13.9 Å². The van der Waals surface area contributed by atoms with Crippen LogP contribution in [-0.4, -0.2) is 29.0 Å². The Bertz CT molecular complexity index is 906. The molecule has 7 heteroatoms.